The van der Waals surface area contributed by atoms with Crippen molar-refractivity contribution in [3.63, 3.8) is 0 Å². The third-order valence-corrected chi connectivity index (χ3v) is 1.62. The molecule has 0 saturated carbocycles. The quantitative estimate of drug-likeness (QED) is 0.730. The molecule has 5 nitrogen and oxygen atoms in total. The Kier molecular flexibility index (Phi) is 3.07. The second kappa shape index (κ2) is 4.08. The van der Waals surface area contributed by atoms with Gasteiger partial charge in [-0.1, -0.05) is 22.5 Å². The predicted octanol–water partition coefficient (Wildman–Crippen LogP) is 0.630. The lowest BCUT2D eigenvalue weighted by atomic mass is 10.3. The van der Waals surface area contributed by atoms with Crippen LogP contribution in [0.15, 0.2) is 17.3 Å². The molecular formula is C7H9BrN4O. The number of nitrogens with one attached hydrogen (secondary N) is 2. The summed E-state index contributed by atoms with van der Waals surface area (Å²) in [5.74, 6) is -0.296. The minimum Gasteiger partial charge on any atom is -0.396 e. The topological polar surface area (TPSA) is 83.8 Å². The van der Waals surface area contributed by atoms with Crippen molar-refractivity contribution in [2.45, 2.75) is 0 Å². The minimum absolute atomic E-state index is 0.272. The van der Waals surface area contributed by atoms with Gasteiger partial charge in [-0.25, -0.2) is 0 Å². The predicted molar refractivity (Wildman–Crippen MR) is 53.4 cm³/mol. The average Bonchev–Trinajstić information content (AvgIpc) is 2.47. The van der Waals surface area contributed by atoms with Gasteiger partial charge in [-0.15, -0.1) is 0 Å². The van der Waals surface area contributed by atoms with Gasteiger partial charge in [0.25, 0.3) is 5.91 Å². The summed E-state index contributed by atoms with van der Waals surface area (Å²) < 4.78 is 0.693. The number of halogens is 1. The molecule has 70 valence electrons. The number of nitrogen functional groups attached to an aromatic ring is 1. The van der Waals surface area contributed by atoms with E-state index in [0.29, 0.717) is 16.7 Å². The van der Waals surface area contributed by atoms with E-state index >= 15 is 0 Å². The van der Waals surface area contributed by atoms with Crippen molar-refractivity contribution in [2.75, 3.05) is 12.3 Å². The summed E-state index contributed by atoms with van der Waals surface area (Å²) in [5, 5.41) is 8.71. The van der Waals surface area contributed by atoms with Gasteiger partial charge in [0, 0.05) is 11.0 Å². The molecule has 1 amide bonds. The molecule has 4 N–H and O–H groups in total. The van der Waals surface area contributed by atoms with Crippen LogP contribution in [-0.2, 0) is 0 Å². The van der Waals surface area contributed by atoms with Crippen molar-refractivity contribution in [3.05, 3.63) is 23.0 Å². The van der Waals surface area contributed by atoms with Crippen molar-refractivity contribution < 1.29 is 4.79 Å². The Morgan fingerprint density at radius 2 is 2.54 bits per heavy atom. The van der Waals surface area contributed by atoms with Crippen molar-refractivity contribution >= 4 is 27.5 Å². The first kappa shape index (κ1) is 9.79. The highest BCUT2D eigenvalue weighted by Crippen LogP contribution is 2.05. The van der Waals surface area contributed by atoms with Gasteiger partial charge in [-0.3, -0.25) is 9.89 Å². The van der Waals surface area contributed by atoms with Crippen molar-refractivity contribution in [3.8, 4) is 0 Å². The maximum atomic E-state index is 11.3. The normalized spacial score (nSPS) is 9.62. The van der Waals surface area contributed by atoms with Gasteiger partial charge in [-0.2, -0.15) is 5.10 Å². The molecule has 1 aromatic heterocycles. The van der Waals surface area contributed by atoms with E-state index in [2.05, 4.69) is 38.0 Å². The SMILES string of the molecule is C=C(Br)CNC(=O)c1[nH]ncc1N. The Hall–Kier alpha value is -1.30. The Balaban J connectivity index is 2.59. The molecule has 0 radical (unpaired) electrons. The van der Waals surface area contributed by atoms with Crippen molar-refractivity contribution in [1.82, 2.24) is 15.5 Å². The Morgan fingerprint density at radius 1 is 1.85 bits per heavy atom. The number of anilines is 1. The first-order valence-electron chi connectivity index (χ1n) is 3.51. The fourth-order valence-corrected chi connectivity index (χ4v) is 0.882. The Morgan fingerprint density at radius 3 is 3.00 bits per heavy atom. The molecule has 0 aromatic carbocycles. The van der Waals surface area contributed by atoms with Crippen LogP contribution < -0.4 is 11.1 Å². The number of nitrogens with zero attached hydrogens (tertiary/aromatic N) is 1. The van der Waals surface area contributed by atoms with Crippen molar-refractivity contribution in [1.29, 1.82) is 0 Å². The zero-order valence-corrected chi connectivity index (χ0v) is 8.39. The van der Waals surface area contributed by atoms with Crippen LogP contribution in [0.4, 0.5) is 5.69 Å². The summed E-state index contributed by atoms with van der Waals surface area (Å²) in [7, 11) is 0. The van der Waals surface area contributed by atoms with Crippen LogP contribution in [0.1, 0.15) is 10.5 Å². The largest absolute Gasteiger partial charge is 0.396 e. The molecular weight excluding hydrogens is 236 g/mol. The highest BCUT2D eigenvalue weighted by molar-refractivity contribution is 9.11. The minimum atomic E-state index is -0.296. The molecule has 0 bridgehead atoms. The van der Waals surface area contributed by atoms with Crippen LogP contribution in [0.2, 0.25) is 0 Å². The zero-order chi connectivity index (χ0) is 9.84. The first-order chi connectivity index (χ1) is 6.11. The lowest BCUT2D eigenvalue weighted by Gasteiger charge is -2.01. The van der Waals surface area contributed by atoms with Gasteiger partial charge in [0.05, 0.1) is 11.9 Å². The third kappa shape index (κ3) is 2.59. The van der Waals surface area contributed by atoms with E-state index < -0.39 is 0 Å². The zero-order valence-electron chi connectivity index (χ0n) is 6.80. The number of rotatable bonds is 3. The monoisotopic (exact) mass is 244 g/mol. The summed E-state index contributed by atoms with van der Waals surface area (Å²) in [5.41, 5.74) is 6.06. The molecule has 0 atom stereocenters. The van der Waals surface area contributed by atoms with Gasteiger partial charge >= 0.3 is 0 Å². The van der Waals surface area contributed by atoms with Gasteiger partial charge in [0.1, 0.15) is 5.69 Å². The van der Waals surface area contributed by atoms with Crippen LogP contribution >= 0.6 is 15.9 Å². The van der Waals surface area contributed by atoms with E-state index in [9.17, 15) is 4.79 Å². The molecule has 0 aliphatic carbocycles. The number of H-pyrrole nitrogens is 1. The van der Waals surface area contributed by atoms with Crippen molar-refractivity contribution in [2.24, 2.45) is 0 Å². The van der Waals surface area contributed by atoms with Gasteiger partial charge in [0.15, 0.2) is 0 Å². The molecule has 1 aromatic rings. The van der Waals surface area contributed by atoms with E-state index in [4.69, 9.17) is 5.73 Å². The number of aromatic amines is 1. The van der Waals surface area contributed by atoms with E-state index in [1.54, 1.807) is 0 Å². The molecule has 13 heavy (non-hydrogen) atoms. The lowest BCUT2D eigenvalue weighted by Crippen LogP contribution is -2.25. The van der Waals surface area contributed by atoms with E-state index in [0.717, 1.165) is 0 Å². The third-order valence-electron chi connectivity index (χ3n) is 1.34. The molecule has 0 unspecified atom stereocenters. The second-order valence-corrected chi connectivity index (χ2v) is 3.52. The molecule has 0 spiro atoms. The smallest absolute Gasteiger partial charge is 0.271 e. The Bertz CT molecular complexity index is 333. The van der Waals surface area contributed by atoms with Crippen LogP contribution in [0.3, 0.4) is 0 Å². The fourth-order valence-electron chi connectivity index (χ4n) is 0.742. The van der Waals surface area contributed by atoms with E-state index in [1.807, 2.05) is 0 Å². The average molecular weight is 245 g/mol. The Labute approximate surface area is 83.5 Å². The number of hydrogen-bond donors (Lipinski definition) is 3. The molecule has 1 heterocycles. The number of nitrogens with two attached hydrogens (primary N) is 1. The maximum absolute atomic E-state index is 11.3. The fraction of sp³-hybridized carbons (Fsp3) is 0.143. The molecule has 0 fully saturated rings. The summed E-state index contributed by atoms with van der Waals surface area (Å²) in [6.45, 7) is 3.93. The summed E-state index contributed by atoms with van der Waals surface area (Å²) in [6.07, 6.45) is 1.39. The van der Waals surface area contributed by atoms with Gasteiger partial charge in [-0.05, 0) is 0 Å². The van der Waals surface area contributed by atoms with Crippen LogP contribution in [0.5, 0.6) is 0 Å². The summed E-state index contributed by atoms with van der Waals surface area (Å²) in [6, 6.07) is 0. The number of amides is 1. The molecule has 0 aliphatic heterocycles. The number of hydrogen-bond acceptors (Lipinski definition) is 3. The highest BCUT2D eigenvalue weighted by Gasteiger charge is 2.10. The molecule has 0 aliphatic rings. The second-order valence-electron chi connectivity index (χ2n) is 2.40. The number of aromatic nitrogens is 2. The number of carbonyl (C=O) groups is 1. The molecule has 1 rings (SSSR count). The standard InChI is InChI=1S/C7H9BrN4O/c1-4(8)2-10-7(13)6-5(9)3-11-12-6/h3H,1-2,9H2,(H,10,13)(H,11,12). The van der Waals surface area contributed by atoms with Crippen LogP contribution in [-0.4, -0.2) is 22.6 Å². The van der Waals surface area contributed by atoms with Gasteiger partial charge in [0.2, 0.25) is 0 Å². The van der Waals surface area contributed by atoms with E-state index in [-0.39, 0.29) is 11.6 Å². The van der Waals surface area contributed by atoms with Crippen LogP contribution in [0.25, 0.3) is 0 Å². The van der Waals surface area contributed by atoms with E-state index in [1.165, 1.54) is 6.20 Å². The first-order valence-corrected chi connectivity index (χ1v) is 4.31. The lowest BCUT2D eigenvalue weighted by molar-refractivity contribution is 0.0953. The van der Waals surface area contributed by atoms with Crippen LogP contribution in [0, 0.1) is 0 Å². The molecule has 0 saturated heterocycles. The summed E-state index contributed by atoms with van der Waals surface area (Å²) in [4.78, 5) is 11.3. The molecule has 6 heteroatoms. The number of carbonyl (C=O) groups excluding carboxylic acids is 1. The van der Waals surface area contributed by atoms with Gasteiger partial charge < -0.3 is 11.1 Å². The summed E-state index contributed by atoms with van der Waals surface area (Å²) >= 11 is 3.12. The highest BCUT2D eigenvalue weighted by atomic mass is 79.9. The maximum Gasteiger partial charge on any atom is 0.271 e.